The summed E-state index contributed by atoms with van der Waals surface area (Å²) in [5.41, 5.74) is 0. The third-order valence-electron chi connectivity index (χ3n) is 2.30. The molecule has 0 amide bonds. The second-order valence-corrected chi connectivity index (χ2v) is 9.07. The molecule has 0 aliphatic carbocycles. The Morgan fingerprint density at radius 2 is 2.11 bits per heavy atom. The van der Waals surface area contributed by atoms with Crippen LogP contribution in [0.4, 0.5) is 0 Å². The zero-order valence-corrected chi connectivity index (χ0v) is 8.81. The first-order valence-electron chi connectivity index (χ1n) is 3.76. The van der Waals surface area contributed by atoms with Gasteiger partial charge in [0.1, 0.15) is 0 Å². The van der Waals surface area contributed by atoms with Gasteiger partial charge in [0.05, 0.1) is 0 Å². The van der Waals surface area contributed by atoms with Gasteiger partial charge in [-0.05, 0) is 0 Å². The summed E-state index contributed by atoms with van der Waals surface area (Å²) in [6.45, 7) is 4.78. The fourth-order valence-electron chi connectivity index (χ4n) is 1.61. The molecule has 0 aromatic carbocycles. The van der Waals surface area contributed by atoms with Crippen molar-refractivity contribution in [2.75, 3.05) is 13.8 Å². The molecule has 1 saturated heterocycles. The standard InChI is InChI=1S/C8H17I/c1-4-8-6-9(3)5-7(8)2/h7-8H,4-6H2,1-3H3/t7?,8-/m0/s1. The van der Waals surface area contributed by atoms with Crippen molar-refractivity contribution in [3.63, 3.8) is 0 Å². The van der Waals surface area contributed by atoms with Crippen molar-refractivity contribution in [3.05, 3.63) is 0 Å². The Kier molecular flexibility index (Phi) is 2.80. The summed E-state index contributed by atoms with van der Waals surface area (Å²) < 4.78 is 3.27. The van der Waals surface area contributed by atoms with E-state index in [-0.39, 0.29) is 19.8 Å². The van der Waals surface area contributed by atoms with Gasteiger partial charge in [0.25, 0.3) is 0 Å². The molecule has 0 N–H and O–H groups in total. The number of rotatable bonds is 1. The van der Waals surface area contributed by atoms with Crippen molar-refractivity contribution >= 4 is 19.8 Å². The van der Waals surface area contributed by atoms with Gasteiger partial charge in [0, 0.05) is 0 Å². The Labute approximate surface area is 65.8 Å². The van der Waals surface area contributed by atoms with Crippen LogP contribution in [-0.4, -0.2) is 13.8 Å². The Balaban J connectivity index is 2.38. The molecule has 2 atom stereocenters. The fourth-order valence-corrected chi connectivity index (χ4v) is 8.48. The predicted molar refractivity (Wildman–Crippen MR) is 52.6 cm³/mol. The van der Waals surface area contributed by atoms with Gasteiger partial charge < -0.3 is 0 Å². The predicted octanol–water partition coefficient (Wildman–Crippen LogP) is 2.80. The Bertz CT molecular complexity index is 90.6. The van der Waals surface area contributed by atoms with Gasteiger partial charge in [-0.2, -0.15) is 0 Å². The molecule has 1 rings (SSSR count). The van der Waals surface area contributed by atoms with E-state index in [0.717, 1.165) is 11.8 Å². The minimum absolute atomic E-state index is 0.335. The van der Waals surface area contributed by atoms with Crippen molar-refractivity contribution in [1.29, 1.82) is 0 Å². The van der Waals surface area contributed by atoms with Crippen LogP contribution in [0.5, 0.6) is 0 Å². The Morgan fingerprint density at radius 3 is 2.33 bits per heavy atom. The molecule has 0 spiro atoms. The van der Waals surface area contributed by atoms with E-state index < -0.39 is 0 Å². The van der Waals surface area contributed by atoms with Crippen LogP contribution in [-0.2, 0) is 0 Å². The molecule has 0 bridgehead atoms. The van der Waals surface area contributed by atoms with Crippen molar-refractivity contribution in [1.82, 2.24) is 0 Å². The molecule has 0 aromatic rings. The summed E-state index contributed by atoms with van der Waals surface area (Å²) >= 11 is -0.335. The van der Waals surface area contributed by atoms with Gasteiger partial charge in [0.15, 0.2) is 0 Å². The number of halogens is 1. The van der Waals surface area contributed by atoms with Crippen LogP contribution in [0.15, 0.2) is 0 Å². The average molecular weight is 240 g/mol. The number of alkyl halides is 3. The molecule has 0 nitrogen and oxygen atoms in total. The van der Waals surface area contributed by atoms with Gasteiger partial charge in [-0.1, -0.05) is 0 Å². The van der Waals surface area contributed by atoms with E-state index in [4.69, 9.17) is 0 Å². The molecule has 0 aromatic heterocycles. The molecule has 1 fully saturated rings. The van der Waals surface area contributed by atoms with Crippen molar-refractivity contribution in [3.8, 4) is 0 Å². The summed E-state index contributed by atoms with van der Waals surface area (Å²) in [7, 11) is 0. The average Bonchev–Trinajstić information content (AvgIpc) is 2.10. The van der Waals surface area contributed by atoms with E-state index >= 15 is 0 Å². The van der Waals surface area contributed by atoms with E-state index in [1.807, 2.05) is 0 Å². The third-order valence-corrected chi connectivity index (χ3v) is 7.83. The van der Waals surface area contributed by atoms with Crippen molar-refractivity contribution in [2.45, 2.75) is 20.3 Å². The number of hydrogen-bond donors (Lipinski definition) is 0. The minimum atomic E-state index is -0.335. The Hall–Kier alpha value is 0.730. The fraction of sp³-hybridized carbons (Fsp3) is 1.00. The van der Waals surface area contributed by atoms with Gasteiger partial charge >= 0.3 is 65.7 Å². The maximum atomic E-state index is 2.54. The van der Waals surface area contributed by atoms with E-state index in [9.17, 15) is 0 Å². The van der Waals surface area contributed by atoms with Gasteiger partial charge in [0.2, 0.25) is 0 Å². The number of hydrogen-bond acceptors (Lipinski definition) is 0. The molecule has 1 unspecified atom stereocenters. The molecule has 56 valence electrons. The zero-order chi connectivity index (χ0) is 6.85. The summed E-state index contributed by atoms with van der Waals surface area (Å²) in [6.07, 6.45) is 1.43. The van der Waals surface area contributed by atoms with Crippen LogP contribution in [0.2, 0.25) is 0 Å². The molecule has 1 aliphatic rings. The first-order valence-corrected chi connectivity index (χ1v) is 8.96. The van der Waals surface area contributed by atoms with E-state index in [1.54, 1.807) is 8.86 Å². The second-order valence-electron chi connectivity index (χ2n) is 3.18. The maximum absolute atomic E-state index is 2.54. The normalized spacial score (nSPS) is 39.7. The van der Waals surface area contributed by atoms with Crippen molar-refractivity contribution < 1.29 is 0 Å². The van der Waals surface area contributed by atoms with Crippen LogP contribution in [0.1, 0.15) is 20.3 Å². The molecule has 0 saturated carbocycles. The SMILES string of the molecule is CC[C@H]1CI(C)CC1C. The zero-order valence-electron chi connectivity index (χ0n) is 6.65. The molecular formula is C8H17I. The molecule has 1 heteroatoms. The summed E-state index contributed by atoms with van der Waals surface area (Å²) in [4.78, 5) is 2.54. The Morgan fingerprint density at radius 1 is 1.44 bits per heavy atom. The topological polar surface area (TPSA) is 0 Å². The van der Waals surface area contributed by atoms with Gasteiger partial charge in [-0.3, -0.25) is 0 Å². The van der Waals surface area contributed by atoms with Crippen LogP contribution in [0.3, 0.4) is 0 Å². The van der Waals surface area contributed by atoms with Crippen molar-refractivity contribution in [2.24, 2.45) is 11.8 Å². The quantitative estimate of drug-likeness (QED) is 0.488. The van der Waals surface area contributed by atoms with E-state index in [0.29, 0.717) is 0 Å². The molecule has 1 heterocycles. The molecular weight excluding hydrogens is 223 g/mol. The second kappa shape index (κ2) is 3.22. The van der Waals surface area contributed by atoms with Gasteiger partial charge in [-0.15, -0.1) is 0 Å². The summed E-state index contributed by atoms with van der Waals surface area (Å²) in [5, 5.41) is 0. The first-order chi connectivity index (χ1) is 4.24. The van der Waals surface area contributed by atoms with Crippen LogP contribution < -0.4 is 0 Å². The molecule has 0 radical (unpaired) electrons. The summed E-state index contributed by atoms with van der Waals surface area (Å²) in [6, 6.07) is 0. The molecule has 1 aliphatic heterocycles. The van der Waals surface area contributed by atoms with Crippen LogP contribution in [0, 0.1) is 11.8 Å². The van der Waals surface area contributed by atoms with Crippen LogP contribution >= 0.6 is 19.8 Å². The van der Waals surface area contributed by atoms with Crippen LogP contribution in [0.25, 0.3) is 0 Å². The third kappa shape index (κ3) is 1.82. The van der Waals surface area contributed by atoms with E-state index in [2.05, 4.69) is 18.8 Å². The molecule has 9 heavy (non-hydrogen) atoms. The monoisotopic (exact) mass is 240 g/mol. The van der Waals surface area contributed by atoms with E-state index in [1.165, 1.54) is 6.42 Å². The summed E-state index contributed by atoms with van der Waals surface area (Å²) in [5.74, 6) is 2.19. The first kappa shape index (κ1) is 7.83. The van der Waals surface area contributed by atoms with Gasteiger partial charge in [-0.25, -0.2) is 0 Å².